The van der Waals surface area contributed by atoms with Crippen molar-refractivity contribution >= 4 is 44.7 Å². The largest absolute Gasteiger partial charge is 0.288 e. The molecule has 1 aromatic carbocycles. The molecule has 0 saturated carbocycles. The van der Waals surface area contributed by atoms with E-state index in [1.165, 1.54) is 4.88 Å². The van der Waals surface area contributed by atoms with E-state index in [-0.39, 0.29) is 11.2 Å². The molecular formula is C15H14BrClOS. The van der Waals surface area contributed by atoms with Crippen LogP contribution in [0.1, 0.15) is 40.9 Å². The van der Waals surface area contributed by atoms with Crippen LogP contribution in [0.4, 0.5) is 0 Å². The average molecular weight is 358 g/mol. The minimum absolute atomic E-state index is 0.0397. The predicted molar refractivity (Wildman–Crippen MR) is 85.6 cm³/mol. The van der Waals surface area contributed by atoms with Crippen LogP contribution < -0.4 is 0 Å². The standard InChI is InChI=1S/C15H14BrClOS/c1-15(2,3)13-7-6-12(19-13)14(18)9-4-5-11(17)10(16)8-9/h4-8H,1-3H3. The molecule has 100 valence electrons. The second kappa shape index (κ2) is 5.39. The van der Waals surface area contributed by atoms with Crippen LogP contribution in [0.3, 0.4) is 0 Å². The monoisotopic (exact) mass is 356 g/mol. The molecule has 1 aromatic heterocycles. The Morgan fingerprint density at radius 3 is 2.42 bits per heavy atom. The third-order valence-electron chi connectivity index (χ3n) is 2.75. The molecule has 0 spiro atoms. The molecule has 0 bridgehead atoms. The highest BCUT2D eigenvalue weighted by molar-refractivity contribution is 9.10. The van der Waals surface area contributed by atoms with Crippen LogP contribution in [0, 0.1) is 0 Å². The van der Waals surface area contributed by atoms with Crippen molar-refractivity contribution < 1.29 is 4.79 Å². The SMILES string of the molecule is CC(C)(C)c1ccc(C(=O)c2ccc(Cl)c(Br)c2)s1. The first-order valence-corrected chi connectivity index (χ1v) is 7.88. The maximum absolute atomic E-state index is 12.4. The summed E-state index contributed by atoms with van der Waals surface area (Å²) in [6, 6.07) is 9.18. The van der Waals surface area contributed by atoms with Gasteiger partial charge in [-0.05, 0) is 51.7 Å². The normalized spacial score (nSPS) is 11.6. The molecule has 1 nitrogen and oxygen atoms in total. The number of rotatable bonds is 2. The van der Waals surface area contributed by atoms with E-state index in [1.54, 1.807) is 29.5 Å². The molecular weight excluding hydrogens is 344 g/mol. The fourth-order valence-electron chi connectivity index (χ4n) is 1.64. The van der Waals surface area contributed by atoms with Gasteiger partial charge < -0.3 is 0 Å². The third kappa shape index (κ3) is 3.28. The van der Waals surface area contributed by atoms with Gasteiger partial charge in [0.25, 0.3) is 0 Å². The van der Waals surface area contributed by atoms with Crippen LogP contribution in [-0.4, -0.2) is 5.78 Å². The minimum atomic E-state index is 0.0397. The molecule has 0 fully saturated rings. The lowest BCUT2D eigenvalue weighted by Crippen LogP contribution is -2.07. The summed E-state index contributed by atoms with van der Waals surface area (Å²) < 4.78 is 0.743. The summed E-state index contributed by atoms with van der Waals surface area (Å²) in [7, 11) is 0. The van der Waals surface area contributed by atoms with Crippen LogP contribution >= 0.6 is 38.9 Å². The van der Waals surface area contributed by atoms with Crippen molar-refractivity contribution in [3.8, 4) is 0 Å². The van der Waals surface area contributed by atoms with Crippen molar-refractivity contribution in [3.63, 3.8) is 0 Å². The highest BCUT2D eigenvalue weighted by Gasteiger charge is 2.19. The Kier molecular flexibility index (Phi) is 4.19. The molecule has 1 heterocycles. The van der Waals surface area contributed by atoms with E-state index in [2.05, 4.69) is 36.7 Å². The van der Waals surface area contributed by atoms with Gasteiger partial charge in [0, 0.05) is 14.9 Å². The number of halogens is 2. The average Bonchev–Trinajstić information content (AvgIpc) is 2.81. The van der Waals surface area contributed by atoms with Gasteiger partial charge >= 0.3 is 0 Å². The number of ketones is 1. The Morgan fingerprint density at radius 1 is 1.21 bits per heavy atom. The summed E-state index contributed by atoms with van der Waals surface area (Å²) in [5.74, 6) is 0.0397. The van der Waals surface area contributed by atoms with E-state index >= 15 is 0 Å². The van der Waals surface area contributed by atoms with Gasteiger partial charge in [0.05, 0.1) is 9.90 Å². The number of carbonyl (C=O) groups excluding carboxylic acids is 1. The first-order chi connectivity index (χ1) is 8.79. The van der Waals surface area contributed by atoms with Gasteiger partial charge in [-0.25, -0.2) is 0 Å². The van der Waals surface area contributed by atoms with E-state index in [4.69, 9.17) is 11.6 Å². The maximum Gasteiger partial charge on any atom is 0.202 e. The van der Waals surface area contributed by atoms with E-state index in [1.807, 2.05) is 12.1 Å². The second-order valence-electron chi connectivity index (χ2n) is 5.37. The van der Waals surface area contributed by atoms with Crippen molar-refractivity contribution in [2.75, 3.05) is 0 Å². The summed E-state index contributed by atoms with van der Waals surface area (Å²) in [5.41, 5.74) is 0.725. The zero-order chi connectivity index (χ0) is 14.2. The van der Waals surface area contributed by atoms with Crippen molar-refractivity contribution in [3.05, 3.63) is 55.1 Å². The van der Waals surface area contributed by atoms with Gasteiger partial charge in [-0.2, -0.15) is 0 Å². The quantitative estimate of drug-likeness (QED) is 0.631. The number of thiophene rings is 1. The highest BCUT2D eigenvalue weighted by Crippen LogP contribution is 2.31. The zero-order valence-corrected chi connectivity index (χ0v) is 14.1. The number of benzene rings is 1. The molecule has 0 N–H and O–H groups in total. The van der Waals surface area contributed by atoms with Gasteiger partial charge in [-0.3, -0.25) is 4.79 Å². The topological polar surface area (TPSA) is 17.1 Å². The fourth-order valence-corrected chi connectivity index (χ4v) is 3.16. The number of carbonyl (C=O) groups is 1. The molecule has 19 heavy (non-hydrogen) atoms. The van der Waals surface area contributed by atoms with Gasteiger partial charge in [0.1, 0.15) is 0 Å². The molecule has 2 rings (SSSR count). The number of hydrogen-bond acceptors (Lipinski definition) is 2. The molecule has 0 aliphatic rings. The van der Waals surface area contributed by atoms with Crippen LogP contribution in [0.25, 0.3) is 0 Å². The predicted octanol–water partition coefficient (Wildman–Crippen LogP) is 5.69. The lowest BCUT2D eigenvalue weighted by atomic mass is 9.95. The third-order valence-corrected chi connectivity index (χ3v) is 5.47. The molecule has 0 aliphatic carbocycles. The van der Waals surface area contributed by atoms with Crippen molar-refractivity contribution in [1.29, 1.82) is 0 Å². The Bertz CT molecular complexity index is 625. The molecule has 0 atom stereocenters. The smallest absolute Gasteiger partial charge is 0.202 e. The number of hydrogen-bond donors (Lipinski definition) is 0. The van der Waals surface area contributed by atoms with Crippen LogP contribution in [-0.2, 0) is 5.41 Å². The van der Waals surface area contributed by atoms with Crippen LogP contribution in [0.2, 0.25) is 5.02 Å². The summed E-state index contributed by atoms with van der Waals surface area (Å²) >= 11 is 10.8. The molecule has 4 heteroatoms. The van der Waals surface area contributed by atoms with E-state index in [0.717, 1.165) is 9.35 Å². The molecule has 0 unspecified atom stereocenters. The molecule has 0 aliphatic heterocycles. The lowest BCUT2D eigenvalue weighted by Gasteiger charge is -2.15. The highest BCUT2D eigenvalue weighted by atomic mass is 79.9. The zero-order valence-electron chi connectivity index (χ0n) is 11.0. The van der Waals surface area contributed by atoms with E-state index in [0.29, 0.717) is 10.6 Å². The lowest BCUT2D eigenvalue weighted by molar-refractivity contribution is 0.104. The van der Waals surface area contributed by atoms with Gasteiger partial charge in [0.2, 0.25) is 5.78 Å². The molecule has 0 saturated heterocycles. The Hall–Kier alpha value is -0.640. The summed E-state index contributed by atoms with van der Waals surface area (Å²) in [6.45, 7) is 6.43. The molecule has 2 aromatic rings. The van der Waals surface area contributed by atoms with Crippen molar-refractivity contribution in [2.45, 2.75) is 26.2 Å². The molecule has 0 radical (unpaired) electrons. The maximum atomic E-state index is 12.4. The van der Waals surface area contributed by atoms with Gasteiger partial charge in [0.15, 0.2) is 0 Å². The van der Waals surface area contributed by atoms with E-state index in [9.17, 15) is 4.79 Å². The van der Waals surface area contributed by atoms with E-state index < -0.39 is 0 Å². The summed E-state index contributed by atoms with van der Waals surface area (Å²) in [5, 5.41) is 0.609. The van der Waals surface area contributed by atoms with Crippen LogP contribution in [0.5, 0.6) is 0 Å². The second-order valence-corrected chi connectivity index (χ2v) is 7.72. The first-order valence-electron chi connectivity index (χ1n) is 5.89. The Labute approximate surface area is 130 Å². The van der Waals surface area contributed by atoms with Crippen molar-refractivity contribution in [1.82, 2.24) is 0 Å². The van der Waals surface area contributed by atoms with Crippen molar-refractivity contribution in [2.24, 2.45) is 0 Å². The summed E-state index contributed by atoms with van der Waals surface area (Å²) in [4.78, 5) is 14.4. The summed E-state index contributed by atoms with van der Waals surface area (Å²) in [6.07, 6.45) is 0. The Morgan fingerprint density at radius 2 is 1.89 bits per heavy atom. The Balaban J connectivity index is 2.34. The van der Waals surface area contributed by atoms with Gasteiger partial charge in [-0.15, -0.1) is 11.3 Å². The fraction of sp³-hybridized carbons (Fsp3) is 0.267. The molecule has 0 amide bonds. The minimum Gasteiger partial charge on any atom is -0.288 e. The van der Waals surface area contributed by atoms with Crippen LogP contribution in [0.15, 0.2) is 34.8 Å². The van der Waals surface area contributed by atoms with Gasteiger partial charge in [-0.1, -0.05) is 32.4 Å². The first kappa shape index (κ1) is 14.8.